The van der Waals surface area contributed by atoms with E-state index in [1.54, 1.807) is 24.3 Å². The molecule has 1 unspecified atom stereocenters. The summed E-state index contributed by atoms with van der Waals surface area (Å²) >= 11 is 9.00. The van der Waals surface area contributed by atoms with Crippen LogP contribution in [0.2, 0.25) is 5.02 Å². The van der Waals surface area contributed by atoms with E-state index in [2.05, 4.69) is 15.9 Å². The zero-order chi connectivity index (χ0) is 15.0. The summed E-state index contributed by atoms with van der Waals surface area (Å²) in [6.07, 6.45) is -1.13. The molecule has 1 aliphatic heterocycles. The van der Waals surface area contributed by atoms with Crippen molar-refractivity contribution in [2.45, 2.75) is 6.10 Å². The Bertz CT molecular complexity index is 693. The van der Waals surface area contributed by atoms with E-state index in [1.165, 1.54) is 6.07 Å². The van der Waals surface area contributed by atoms with Crippen molar-refractivity contribution < 1.29 is 19.0 Å². The van der Waals surface area contributed by atoms with Gasteiger partial charge in [0.05, 0.1) is 5.02 Å². The van der Waals surface area contributed by atoms with Crippen LogP contribution in [0.1, 0.15) is 17.2 Å². The molecule has 6 heteroatoms. The maximum atomic E-state index is 14.2. The number of hydrogen-bond donors (Lipinski definition) is 1. The number of benzene rings is 2. The lowest BCUT2D eigenvalue weighted by atomic mass is 10.0. The molecule has 0 bridgehead atoms. The zero-order valence-corrected chi connectivity index (χ0v) is 13.1. The third kappa shape index (κ3) is 2.73. The van der Waals surface area contributed by atoms with Gasteiger partial charge in [0, 0.05) is 10.0 Å². The van der Waals surface area contributed by atoms with E-state index in [0.29, 0.717) is 34.7 Å². The van der Waals surface area contributed by atoms with Crippen LogP contribution in [0.15, 0.2) is 34.8 Å². The number of hydrogen-bond acceptors (Lipinski definition) is 3. The van der Waals surface area contributed by atoms with Gasteiger partial charge in [-0.1, -0.05) is 23.7 Å². The Morgan fingerprint density at radius 2 is 1.86 bits per heavy atom. The molecule has 0 aliphatic carbocycles. The largest absolute Gasteiger partial charge is 0.486 e. The number of fused-ring (bicyclic) bond motifs is 1. The van der Waals surface area contributed by atoms with Gasteiger partial charge in [-0.15, -0.1) is 0 Å². The van der Waals surface area contributed by atoms with Gasteiger partial charge < -0.3 is 14.6 Å². The molecule has 0 amide bonds. The highest BCUT2D eigenvalue weighted by molar-refractivity contribution is 9.10. The zero-order valence-electron chi connectivity index (χ0n) is 10.8. The van der Waals surface area contributed by atoms with Gasteiger partial charge >= 0.3 is 0 Å². The second-order valence-corrected chi connectivity index (χ2v) is 5.80. The molecule has 2 aromatic carbocycles. The molecule has 21 heavy (non-hydrogen) atoms. The summed E-state index contributed by atoms with van der Waals surface area (Å²) in [7, 11) is 0. The summed E-state index contributed by atoms with van der Waals surface area (Å²) in [4.78, 5) is 0. The third-order valence-electron chi connectivity index (χ3n) is 3.24. The standard InChI is InChI=1S/C15H11BrClFO3/c16-10-3-2-9(14(18)13(10)17)15(19)8-1-4-11-12(7-8)21-6-5-20-11/h1-4,7,15,19H,5-6H2. The van der Waals surface area contributed by atoms with Gasteiger partial charge in [0.15, 0.2) is 11.5 Å². The van der Waals surface area contributed by atoms with Crippen LogP contribution in [0.4, 0.5) is 4.39 Å². The van der Waals surface area contributed by atoms with Gasteiger partial charge in [-0.05, 0) is 39.7 Å². The molecule has 1 aliphatic rings. The minimum atomic E-state index is -1.13. The quantitative estimate of drug-likeness (QED) is 0.806. The molecule has 2 aromatic rings. The van der Waals surface area contributed by atoms with Crippen molar-refractivity contribution in [3.05, 3.63) is 56.8 Å². The third-order valence-corrected chi connectivity index (χ3v) is 4.50. The van der Waals surface area contributed by atoms with E-state index in [-0.39, 0.29) is 10.6 Å². The van der Waals surface area contributed by atoms with Gasteiger partial charge in [-0.3, -0.25) is 0 Å². The lowest BCUT2D eigenvalue weighted by Gasteiger charge is -2.20. The predicted molar refractivity (Wildman–Crippen MR) is 80.6 cm³/mol. The molecule has 0 aromatic heterocycles. The number of aliphatic hydroxyl groups is 1. The first-order valence-corrected chi connectivity index (χ1v) is 7.46. The van der Waals surface area contributed by atoms with Gasteiger partial charge in [-0.25, -0.2) is 4.39 Å². The van der Waals surface area contributed by atoms with Gasteiger partial charge in [0.1, 0.15) is 25.1 Å². The predicted octanol–water partition coefficient (Wildman–Crippen LogP) is 4.09. The van der Waals surface area contributed by atoms with Crippen molar-refractivity contribution in [2.24, 2.45) is 0 Å². The molecule has 1 heterocycles. The molecule has 3 rings (SSSR count). The Balaban J connectivity index is 1.99. The second-order valence-electron chi connectivity index (χ2n) is 4.57. The number of rotatable bonds is 2. The summed E-state index contributed by atoms with van der Waals surface area (Å²) in [5, 5.41) is 10.3. The highest BCUT2D eigenvalue weighted by atomic mass is 79.9. The molecule has 1 atom stereocenters. The molecular weight excluding hydrogens is 363 g/mol. The first kappa shape index (κ1) is 14.6. The van der Waals surface area contributed by atoms with Crippen molar-refractivity contribution in [2.75, 3.05) is 13.2 Å². The molecule has 0 spiro atoms. The number of ether oxygens (including phenoxy) is 2. The molecule has 110 valence electrons. The van der Waals surface area contributed by atoms with Crippen LogP contribution < -0.4 is 9.47 Å². The Labute approximate surface area is 134 Å². The topological polar surface area (TPSA) is 38.7 Å². The Hall–Kier alpha value is -1.30. The van der Waals surface area contributed by atoms with E-state index >= 15 is 0 Å². The van der Waals surface area contributed by atoms with E-state index in [9.17, 15) is 9.50 Å². The summed E-state index contributed by atoms with van der Waals surface area (Å²) < 4.78 is 25.5. The summed E-state index contributed by atoms with van der Waals surface area (Å²) in [5.41, 5.74) is 0.622. The van der Waals surface area contributed by atoms with Crippen molar-refractivity contribution in [1.29, 1.82) is 0 Å². The van der Waals surface area contributed by atoms with E-state index < -0.39 is 11.9 Å². The van der Waals surface area contributed by atoms with Crippen molar-refractivity contribution >= 4 is 27.5 Å². The molecule has 1 N–H and O–H groups in total. The molecule has 3 nitrogen and oxygen atoms in total. The number of aliphatic hydroxyl groups excluding tert-OH is 1. The van der Waals surface area contributed by atoms with Crippen LogP contribution in [0, 0.1) is 5.82 Å². The van der Waals surface area contributed by atoms with E-state index in [4.69, 9.17) is 21.1 Å². The fourth-order valence-electron chi connectivity index (χ4n) is 2.16. The van der Waals surface area contributed by atoms with Crippen molar-refractivity contribution in [1.82, 2.24) is 0 Å². The van der Waals surface area contributed by atoms with Crippen molar-refractivity contribution in [3.8, 4) is 11.5 Å². The fraction of sp³-hybridized carbons (Fsp3) is 0.200. The SMILES string of the molecule is OC(c1ccc2c(c1)OCCO2)c1ccc(Br)c(Cl)c1F. The second kappa shape index (κ2) is 5.83. The maximum Gasteiger partial charge on any atom is 0.161 e. The van der Waals surface area contributed by atoms with Crippen LogP contribution in [0.25, 0.3) is 0 Å². The average Bonchev–Trinajstić information content (AvgIpc) is 2.52. The minimum absolute atomic E-state index is 0.0518. The van der Waals surface area contributed by atoms with Gasteiger partial charge in [0.25, 0.3) is 0 Å². The normalized spacial score (nSPS) is 14.9. The molecule has 0 radical (unpaired) electrons. The maximum absolute atomic E-state index is 14.2. The lowest BCUT2D eigenvalue weighted by molar-refractivity contribution is 0.169. The average molecular weight is 374 g/mol. The first-order chi connectivity index (χ1) is 10.1. The first-order valence-electron chi connectivity index (χ1n) is 6.29. The van der Waals surface area contributed by atoms with Crippen LogP contribution in [-0.2, 0) is 0 Å². The van der Waals surface area contributed by atoms with Crippen LogP contribution in [0.5, 0.6) is 11.5 Å². The fourth-order valence-corrected chi connectivity index (χ4v) is 2.64. The van der Waals surface area contributed by atoms with Crippen LogP contribution >= 0.6 is 27.5 Å². The van der Waals surface area contributed by atoms with Crippen LogP contribution in [-0.4, -0.2) is 18.3 Å². The summed E-state index contributed by atoms with van der Waals surface area (Å²) in [5.74, 6) is 0.515. The smallest absolute Gasteiger partial charge is 0.161 e. The minimum Gasteiger partial charge on any atom is -0.486 e. The van der Waals surface area contributed by atoms with Crippen molar-refractivity contribution in [3.63, 3.8) is 0 Å². The Kier molecular flexibility index (Phi) is 4.06. The van der Waals surface area contributed by atoms with Gasteiger partial charge in [0.2, 0.25) is 0 Å². The summed E-state index contributed by atoms with van der Waals surface area (Å²) in [6.45, 7) is 0.941. The lowest BCUT2D eigenvalue weighted by Crippen LogP contribution is -2.15. The molecule has 0 fully saturated rings. The van der Waals surface area contributed by atoms with E-state index in [1.807, 2.05) is 0 Å². The van der Waals surface area contributed by atoms with Gasteiger partial charge in [-0.2, -0.15) is 0 Å². The molecule has 0 saturated carbocycles. The molecule has 0 saturated heterocycles. The highest BCUT2D eigenvalue weighted by Crippen LogP contribution is 2.37. The monoisotopic (exact) mass is 372 g/mol. The Morgan fingerprint density at radius 1 is 1.14 bits per heavy atom. The highest BCUT2D eigenvalue weighted by Gasteiger charge is 2.21. The van der Waals surface area contributed by atoms with E-state index in [0.717, 1.165) is 0 Å². The Morgan fingerprint density at radius 3 is 2.62 bits per heavy atom. The number of halogens is 3. The summed E-state index contributed by atoms with van der Waals surface area (Å²) in [6, 6.07) is 8.11. The molecular formula is C15H11BrClFO3. The van der Waals surface area contributed by atoms with Crippen LogP contribution in [0.3, 0.4) is 0 Å².